The van der Waals surface area contributed by atoms with Crippen molar-refractivity contribution in [3.8, 4) is 11.5 Å². The van der Waals surface area contributed by atoms with E-state index in [1.54, 1.807) is 37.3 Å². The van der Waals surface area contributed by atoms with E-state index in [2.05, 4.69) is 5.32 Å². The van der Waals surface area contributed by atoms with Crippen LogP contribution in [-0.2, 0) is 9.59 Å². The van der Waals surface area contributed by atoms with E-state index < -0.39 is 17.8 Å². The van der Waals surface area contributed by atoms with Crippen molar-refractivity contribution in [2.24, 2.45) is 0 Å². The van der Waals surface area contributed by atoms with Gasteiger partial charge in [-0.2, -0.15) is 0 Å². The number of para-hydroxylation sites is 2. The van der Waals surface area contributed by atoms with Crippen molar-refractivity contribution in [3.05, 3.63) is 71.8 Å². The summed E-state index contributed by atoms with van der Waals surface area (Å²) in [7, 11) is 1.52. The van der Waals surface area contributed by atoms with E-state index in [1.165, 1.54) is 13.2 Å². The molecule has 1 aliphatic heterocycles. The normalized spacial score (nSPS) is 15.4. The molecule has 3 aromatic rings. The lowest BCUT2D eigenvalue weighted by Crippen LogP contribution is -2.54. The molecule has 0 radical (unpaired) electrons. The lowest BCUT2D eigenvalue weighted by Gasteiger charge is -2.27. The number of rotatable bonds is 5. The minimum atomic E-state index is -0.829. The van der Waals surface area contributed by atoms with E-state index >= 15 is 0 Å². The van der Waals surface area contributed by atoms with Gasteiger partial charge in [-0.05, 0) is 42.0 Å². The number of imide groups is 2. The number of ether oxygens (including phenoxy) is 2. The summed E-state index contributed by atoms with van der Waals surface area (Å²) in [6, 6.07) is 17.1. The summed E-state index contributed by atoms with van der Waals surface area (Å²) < 4.78 is 11.0. The Morgan fingerprint density at radius 3 is 2.45 bits per heavy atom. The van der Waals surface area contributed by atoms with Crippen LogP contribution in [0.15, 0.2) is 66.2 Å². The molecule has 0 atom stereocenters. The number of barbiturate groups is 1. The van der Waals surface area contributed by atoms with Crippen LogP contribution in [0.2, 0.25) is 0 Å². The molecule has 0 saturated carbocycles. The first-order valence-electron chi connectivity index (χ1n) is 9.74. The monoisotopic (exact) mass is 416 g/mol. The summed E-state index contributed by atoms with van der Waals surface area (Å²) >= 11 is 0. The molecule has 0 spiro atoms. The number of anilines is 1. The molecule has 31 heavy (non-hydrogen) atoms. The van der Waals surface area contributed by atoms with Gasteiger partial charge in [0.1, 0.15) is 17.1 Å². The average Bonchev–Trinajstić information content (AvgIpc) is 2.77. The summed E-state index contributed by atoms with van der Waals surface area (Å²) in [5, 5.41) is 3.98. The Labute approximate surface area is 178 Å². The van der Waals surface area contributed by atoms with E-state index in [9.17, 15) is 14.4 Å². The topological polar surface area (TPSA) is 84.9 Å². The lowest BCUT2D eigenvalue weighted by atomic mass is 9.99. The molecule has 0 unspecified atom stereocenters. The first-order chi connectivity index (χ1) is 15.0. The first kappa shape index (κ1) is 20.2. The van der Waals surface area contributed by atoms with Crippen LogP contribution in [0, 0.1) is 0 Å². The number of carbonyl (C=O) groups excluding carboxylic acids is 3. The number of methoxy groups -OCH3 is 1. The SMILES string of the molecule is CCOc1ccccc1N1C(=O)NC(=O)/C(=C/c2c(OC)ccc3ccccc23)C1=O. The maximum atomic E-state index is 13.3. The van der Waals surface area contributed by atoms with Crippen molar-refractivity contribution in [1.82, 2.24) is 5.32 Å². The molecule has 156 valence electrons. The number of hydrogen-bond donors (Lipinski definition) is 1. The molecule has 0 bridgehead atoms. The zero-order valence-electron chi connectivity index (χ0n) is 17.0. The van der Waals surface area contributed by atoms with Crippen LogP contribution in [0.25, 0.3) is 16.8 Å². The molecule has 1 fully saturated rings. The number of benzene rings is 3. The smallest absolute Gasteiger partial charge is 0.336 e. The van der Waals surface area contributed by atoms with Gasteiger partial charge >= 0.3 is 6.03 Å². The highest BCUT2D eigenvalue weighted by molar-refractivity contribution is 6.39. The summed E-state index contributed by atoms with van der Waals surface area (Å²) in [4.78, 5) is 39.4. The molecule has 1 aliphatic rings. The lowest BCUT2D eigenvalue weighted by molar-refractivity contribution is -0.122. The number of nitrogens with one attached hydrogen (secondary N) is 1. The van der Waals surface area contributed by atoms with Gasteiger partial charge in [-0.15, -0.1) is 0 Å². The molecular formula is C24H20N2O5. The summed E-state index contributed by atoms with van der Waals surface area (Å²) in [5.74, 6) is -0.638. The third-order valence-electron chi connectivity index (χ3n) is 4.95. The number of fused-ring (bicyclic) bond motifs is 1. The van der Waals surface area contributed by atoms with Gasteiger partial charge in [0.2, 0.25) is 0 Å². The molecule has 0 aliphatic carbocycles. The second kappa shape index (κ2) is 8.31. The number of urea groups is 1. The number of carbonyl (C=O) groups is 3. The van der Waals surface area contributed by atoms with Gasteiger partial charge in [-0.25, -0.2) is 9.69 Å². The predicted molar refractivity (Wildman–Crippen MR) is 117 cm³/mol. The molecule has 4 amide bonds. The summed E-state index contributed by atoms with van der Waals surface area (Å²) in [6.45, 7) is 2.16. The van der Waals surface area contributed by atoms with E-state index in [0.717, 1.165) is 15.7 Å². The quantitative estimate of drug-likeness (QED) is 0.504. The highest BCUT2D eigenvalue weighted by atomic mass is 16.5. The Hall–Kier alpha value is -4.13. The average molecular weight is 416 g/mol. The fourth-order valence-electron chi connectivity index (χ4n) is 3.54. The third-order valence-corrected chi connectivity index (χ3v) is 4.95. The van der Waals surface area contributed by atoms with Crippen LogP contribution in [-0.4, -0.2) is 31.6 Å². The van der Waals surface area contributed by atoms with E-state index in [1.807, 2.05) is 30.3 Å². The molecule has 7 heteroatoms. The van der Waals surface area contributed by atoms with E-state index in [4.69, 9.17) is 9.47 Å². The Morgan fingerprint density at radius 1 is 0.935 bits per heavy atom. The molecular weight excluding hydrogens is 396 g/mol. The predicted octanol–water partition coefficient (Wildman–Crippen LogP) is 3.91. The van der Waals surface area contributed by atoms with Gasteiger partial charge in [0.05, 0.1) is 19.4 Å². The largest absolute Gasteiger partial charge is 0.496 e. The van der Waals surface area contributed by atoms with Crippen molar-refractivity contribution in [3.63, 3.8) is 0 Å². The summed E-state index contributed by atoms with van der Waals surface area (Å²) in [6.07, 6.45) is 1.46. The standard InChI is InChI=1S/C24H20N2O5/c1-3-31-21-11-7-6-10-19(21)26-23(28)18(22(27)25-24(26)29)14-17-16-9-5-4-8-15(16)12-13-20(17)30-2/h4-14H,3H2,1-2H3,(H,25,27,29)/b18-14-. The highest BCUT2D eigenvalue weighted by Gasteiger charge is 2.38. The first-order valence-corrected chi connectivity index (χ1v) is 9.74. The van der Waals surface area contributed by atoms with Gasteiger partial charge in [0.15, 0.2) is 0 Å². The Morgan fingerprint density at radius 2 is 1.68 bits per heavy atom. The molecule has 4 rings (SSSR count). The van der Waals surface area contributed by atoms with E-state index in [0.29, 0.717) is 23.7 Å². The number of hydrogen-bond acceptors (Lipinski definition) is 5. The fraction of sp³-hybridized carbons (Fsp3) is 0.125. The van der Waals surface area contributed by atoms with Crippen LogP contribution in [0.1, 0.15) is 12.5 Å². The zero-order valence-corrected chi connectivity index (χ0v) is 17.0. The minimum absolute atomic E-state index is 0.180. The summed E-state index contributed by atoms with van der Waals surface area (Å²) in [5.41, 5.74) is 0.655. The van der Waals surface area contributed by atoms with Crippen molar-refractivity contribution in [2.45, 2.75) is 6.92 Å². The Kier molecular flexibility index (Phi) is 5.41. The van der Waals surface area contributed by atoms with E-state index in [-0.39, 0.29) is 11.3 Å². The number of amides is 4. The van der Waals surface area contributed by atoms with Crippen molar-refractivity contribution < 1.29 is 23.9 Å². The number of nitrogens with zero attached hydrogens (tertiary/aromatic N) is 1. The van der Waals surface area contributed by atoms with Crippen LogP contribution in [0.5, 0.6) is 11.5 Å². The van der Waals surface area contributed by atoms with Crippen molar-refractivity contribution in [2.75, 3.05) is 18.6 Å². The molecule has 7 nitrogen and oxygen atoms in total. The van der Waals surface area contributed by atoms with Gasteiger partial charge in [0.25, 0.3) is 11.8 Å². The second-order valence-corrected chi connectivity index (χ2v) is 6.76. The van der Waals surface area contributed by atoms with Crippen LogP contribution >= 0.6 is 0 Å². The van der Waals surface area contributed by atoms with Gasteiger partial charge in [-0.3, -0.25) is 14.9 Å². The Bertz CT molecular complexity index is 1230. The van der Waals surface area contributed by atoms with Gasteiger partial charge in [0, 0.05) is 5.56 Å². The fourth-order valence-corrected chi connectivity index (χ4v) is 3.54. The molecule has 1 N–H and O–H groups in total. The molecule has 1 saturated heterocycles. The van der Waals surface area contributed by atoms with Crippen LogP contribution in [0.4, 0.5) is 10.5 Å². The zero-order chi connectivity index (χ0) is 22.0. The van der Waals surface area contributed by atoms with Gasteiger partial charge in [-0.1, -0.05) is 42.5 Å². The minimum Gasteiger partial charge on any atom is -0.496 e. The van der Waals surface area contributed by atoms with Crippen molar-refractivity contribution >= 4 is 40.4 Å². The maximum absolute atomic E-state index is 13.3. The van der Waals surface area contributed by atoms with Crippen LogP contribution < -0.4 is 19.7 Å². The van der Waals surface area contributed by atoms with Gasteiger partial charge < -0.3 is 9.47 Å². The Balaban J connectivity index is 1.86. The van der Waals surface area contributed by atoms with Crippen LogP contribution in [0.3, 0.4) is 0 Å². The third kappa shape index (κ3) is 3.61. The second-order valence-electron chi connectivity index (χ2n) is 6.76. The molecule has 0 aromatic heterocycles. The maximum Gasteiger partial charge on any atom is 0.336 e. The van der Waals surface area contributed by atoms with Crippen molar-refractivity contribution in [1.29, 1.82) is 0 Å². The highest BCUT2D eigenvalue weighted by Crippen LogP contribution is 2.33. The molecule has 1 heterocycles. The molecule has 3 aromatic carbocycles.